The molecule has 1 atom stereocenters. The van der Waals surface area contributed by atoms with E-state index >= 15 is 0 Å². The SMILES string of the molecule is CCOc1ccc(OC(C)C(=O)NNC(=O)c2cc(C)no2)cc1. The van der Waals surface area contributed by atoms with Crippen LogP contribution in [0.4, 0.5) is 0 Å². The summed E-state index contributed by atoms with van der Waals surface area (Å²) in [5, 5.41) is 3.59. The average molecular weight is 333 g/mol. The molecule has 8 nitrogen and oxygen atoms in total. The molecule has 2 N–H and O–H groups in total. The maximum Gasteiger partial charge on any atom is 0.308 e. The fourth-order valence-electron chi connectivity index (χ4n) is 1.79. The molecule has 1 heterocycles. The van der Waals surface area contributed by atoms with Crippen molar-refractivity contribution in [3.63, 3.8) is 0 Å². The number of carbonyl (C=O) groups excluding carboxylic acids is 2. The molecule has 1 aromatic heterocycles. The summed E-state index contributed by atoms with van der Waals surface area (Å²) < 4.78 is 15.6. The lowest BCUT2D eigenvalue weighted by molar-refractivity contribution is -0.128. The normalized spacial score (nSPS) is 11.5. The minimum Gasteiger partial charge on any atom is -0.494 e. The second-order valence-electron chi connectivity index (χ2n) is 4.94. The van der Waals surface area contributed by atoms with Crippen molar-refractivity contribution in [1.29, 1.82) is 0 Å². The fourth-order valence-corrected chi connectivity index (χ4v) is 1.79. The van der Waals surface area contributed by atoms with Gasteiger partial charge in [-0.25, -0.2) is 0 Å². The summed E-state index contributed by atoms with van der Waals surface area (Å²) in [5.74, 6) is 0.133. The quantitative estimate of drug-likeness (QED) is 0.779. The predicted octanol–water partition coefficient (Wildman–Crippen LogP) is 1.61. The molecule has 24 heavy (non-hydrogen) atoms. The summed E-state index contributed by atoms with van der Waals surface area (Å²) in [7, 11) is 0. The Kier molecular flexibility index (Phi) is 5.78. The number of hydrogen-bond donors (Lipinski definition) is 2. The minimum absolute atomic E-state index is 0.00730. The third-order valence-corrected chi connectivity index (χ3v) is 2.97. The Hall–Kier alpha value is -3.03. The Bertz CT molecular complexity index is 696. The molecular weight excluding hydrogens is 314 g/mol. The molecule has 1 unspecified atom stereocenters. The molecule has 0 radical (unpaired) electrons. The van der Waals surface area contributed by atoms with Gasteiger partial charge in [-0.15, -0.1) is 0 Å². The van der Waals surface area contributed by atoms with E-state index in [-0.39, 0.29) is 5.76 Å². The van der Waals surface area contributed by atoms with Crippen LogP contribution in [0.2, 0.25) is 0 Å². The van der Waals surface area contributed by atoms with E-state index < -0.39 is 17.9 Å². The summed E-state index contributed by atoms with van der Waals surface area (Å²) in [6, 6.07) is 8.35. The number of benzene rings is 1. The molecule has 0 fully saturated rings. The van der Waals surface area contributed by atoms with Crippen LogP contribution in [-0.2, 0) is 4.79 Å². The topological polar surface area (TPSA) is 103 Å². The summed E-state index contributed by atoms with van der Waals surface area (Å²) in [4.78, 5) is 23.7. The summed E-state index contributed by atoms with van der Waals surface area (Å²) in [6.07, 6.45) is -0.806. The Morgan fingerprint density at radius 2 is 1.88 bits per heavy atom. The lowest BCUT2D eigenvalue weighted by atomic mass is 10.3. The van der Waals surface area contributed by atoms with Gasteiger partial charge >= 0.3 is 5.91 Å². The molecule has 0 spiro atoms. The van der Waals surface area contributed by atoms with Crippen LogP contribution in [0.1, 0.15) is 30.1 Å². The van der Waals surface area contributed by atoms with Crippen LogP contribution in [0, 0.1) is 6.92 Å². The first kappa shape index (κ1) is 17.3. The summed E-state index contributed by atoms with van der Waals surface area (Å²) in [6.45, 7) is 5.72. The second-order valence-corrected chi connectivity index (χ2v) is 4.94. The van der Waals surface area contributed by atoms with Crippen LogP contribution in [-0.4, -0.2) is 29.7 Å². The first-order valence-corrected chi connectivity index (χ1v) is 7.42. The Balaban J connectivity index is 1.82. The number of amides is 2. The lowest BCUT2D eigenvalue weighted by Crippen LogP contribution is -2.47. The Labute approximate surface area is 139 Å². The molecule has 128 valence electrons. The van der Waals surface area contributed by atoms with Gasteiger partial charge in [0.15, 0.2) is 6.10 Å². The number of hydrazine groups is 1. The number of aryl methyl sites for hydroxylation is 1. The monoisotopic (exact) mass is 333 g/mol. The zero-order chi connectivity index (χ0) is 17.5. The highest BCUT2D eigenvalue weighted by Crippen LogP contribution is 2.18. The minimum atomic E-state index is -0.806. The molecule has 8 heteroatoms. The number of rotatable bonds is 6. The molecule has 0 aliphatic heterocycles. The Morgan fingerprint density at radius 1 is 1.21 bits per heavy atom. The maximum atomic E-state index is 11.9. The van der Waals surface area contributed by atoms with Crippen LogP contribution in [0.5, 0.6) is 11.5 Å². The van der Waals surface area contributed by atoms with E-state index in [1.165, 1.54) is 6.07 Å². The van der Waals surface area contributed by atoms with E-state index in [1.807, 2.05) is 6.92 Å². The van der Waals surface area contributed by atoms with Gasteiger partial charge in [0.05, 0.1) is 12.3 Å². The van der Waals surface area contributed by atoms with Gasteiger partial charge in [-0.3, -0.25) is 20.4 Å². The van der Waals surface area contributed by atoms with Crippen molar-refractivity contribution in [1.82, 2.24) is 16.0 Å². The van der Waals surface area contributed by atoms with Gasteiger partial charge in [0.2, 0.25) is 5.76 Å². The van der Waals surface area contributed by atoms with Gasteiger partial charge in [-0.1, -0.05) is 5.16 Å². The number of hydrogen-bond acceptors (Lipinski definition) is 6. The molecule has 0 saturated carbocycles. The highest BCUT2D eigenvalue weighted by atomic mass is 16.5. The van der Waals surface area contributed by atoms with Crippen LogP contribution < -0.4 is 20.3 Å². The van der Waals surface area contributed by atoms with Crippen LogP contribution in [0.15, 0.2) is 34.9 Å². The predicted molar refractivity (Wildman–Crippen MR) is 84.5 cm³/mol. The smallest absolute Gasteiger partial charge is 0.308 e. The van der Waals surface area contributed by atoms with Crippen LogP contribution in [0.25, 0.3) is 0 Å². The molecule has 0 aliphatic carbocycles. The van der Waals surface area contributed by atoms with Crippen LogP contribution in [0.3, 0.4) is 0 Å². The molecule has 0 saturated heterocycles. The van der Waals surface area contributed by atoms with E-state index in [1.54, 1.807) is 38.1 Å². The molecule has 0 bridgehead atoms. The van der Waals surface area contributed by atoms with Crippen molar-refractivity contribution in [2.24, 2.45) is 0 Å². The molecule has 1 aromatic carbocycles. The number of nitrogens with zero attached hydrogens (tertiary/aromatic N) is 1. The van der Waals surface area contributed by atoms with Gasteiger partial charge < -0.3 is 14.0 Å². The number of aromatic nitrogens is 1. The van der Waals surface area contributed by atoms with Crippen LogP contribution >= 0.6 is 0 Å². The first-order valence-electron chi connectivity index (χ1n) is 7.42. The van der Waals surface area contributed by atoms with E-state index in [0.29, 0.717) is 18.1 Å². The zero-order valence-corrected chi connectivity index (χ0v) is 13.7. The van der Waals surface area contributed by atoms with Crippen molar-refractivity contribution < 1.29 is 23.6 Å². The van der Waals surface area contributed by atoms with Gasteiger partial charge in [-0.05, 0) is 45.0 Å². The third-order valence-electron chi connectivity index (χ3n) is 2.97. The summed E-state index contributed by atoms with van der Waals surface area (Å²) >= 11 is 0. The van der Waals surface area contributed by atoms with Gasteiger partial charge in [0.1, 0.15) is 11.5 Å². The number of nitrogens with one attached hydrogen (secondary N) is 2. The lowest BCUT2D eigenvalue weighted by Gasteiger charge is -2.15. The van der Waals surface area contributed by atoms with Crippen molar-refractivity contribution >= 4 is 11.8 Å². The van der Waals surface area contributed by atoms with Gasteiger partial charge in [0, 0.05) is 6.07 Å². The third kappa shape index (κ3) is 4.73. The largest absolute Gasteiger partial charge is 0.494 e. The fraction of sp³-hybridized carbons (Fsp3) is 0.312. The second kappa shape index (κ2) is 8.00. The standard InChI is InChI=1S/C16H19N3O5/c1-4-22-12-5-7-13(8-6-12)23-11(3)15(20)17-18-16(21)14-9-10(2)19-24-14/h5-9,11H,4H2,1-3H3,(H,17,20)(H,18,21). The van der Waals surface area contributed by atoms with Crippen molar-refractivity contribution in [3.8, 4) is 11.5 Å². The van der Waals surface area contributed by atoms with Gasteiger partial charge in [-0.2, -0.15) is 0 Å². The molecule has 2 rings (SSSR count). The van der Waals surface area contributed by atoms with E-state index in [4.69, 9.17) is 14.0 Å². The number of carbonyl (C=O) groups is 2. The van der Waals surface area contributed by atoms with Crippen molar-refractivity contribution in [3.05, 3.63) is 41.8 Å². The first-order chi connectivity index (χ1) is 11.5. The molecule has 2 aromatic rings. The highest BCUT2D eigenvalue weighted by molar-refractivity contribution is 5.93. The number of ether oxygens (including phenoxy) is 2. The molecule has 2 amide bonds. The Morgan fingerprint density at radius 3 is 2.46 bits per heavy atom. The molecule has 0 aliphatic rings. The van der Waals surface area contributed by atoms with E-state index in [2.05, 4.69) is 16.0 Å². The average Bonchev–Trinajstić information content (AvgIpc) is 3.01. The highest BCUT2D eigenvalue weighted by Gasteiger charge is 2.17. The zero-order valence-electron chi connectivity index (χ0n) is 13.7. The van der Waals surface area contributed by atoms with Crippen molar-refractivity contribution in [2.45, 2.75) is 26.9 Å². The van der Waals surface area contributed by atoms with Gasteiger partial charge in [0.25, 0.3) is 5.91 Å². The van der Waals surface area contributed by atoms with E-state index in [9.17, 15) is 9.59 Å². The van der Waals surface area contributed by atoms with Crippen molar-refractivity contribution in [2.75, 3.05) is 6.61 Å². The molecular formula is C16H19N3O5. The summed E-state index contributed by atoms with van der Waals surface area (Å²) in [5.41, 5.74) is 5.07. The maximum absolute atomic E-state index is 11.9. The van der Waals surface area contributed by atoms with E-state index in [0.717, 1.165) is 5.75 Å².